The molecule has 0 amide bonds. The summed E-state index contributed by atoms with van der Waals surface area (Å²) in [6.45, 7) is 0. The zero-order valence-electron chi connectivity index (χ0n) is 12.5. The summed E-state index contributed by atoms with van der Waals surface area (Å²) < 4.78 is 0. The maximum absolute atomic E-state index is 6.32. The van der Waals surface area contributed by atoms with Crippen molar-refractivity contribution in [1.82, 2.24) is 0 Å². The third-order valence-electron chi connectivity index (χ3n) is 4.79. The van der Waals surface area contributed by atoms with Crippen molar-refractivity contribution in [2.45, 2.75) is 0 Å². The van der Waals surface area contributed by atoms with Crippen LogP contribution in [0.2, 0.25) is 0 Å². The highest BCUT2D eigenvalue weighted by molar-refractivity contribution is 7.69. The van der Waals surface area contributed by atoms with Crippen molar-refractivity contribution in [3.8, 4) is 0 Å². The summed E-state index contributed by atoms with van der Waals surface area (Å²) in [5.41, 5.74) is 0. The van der Waals surface area contributed by atoms with E-state index in [9.17, 15) is 0 Å². The summed E-state index contributed by atoms with van der Waals surface area (Å²) in [5.74, 6) is 0. The lowest BCUT2D eigenvalue weighted by molar-refractivity contribution is 1.80. The van der Waals surface area contributed by atoms with E-state index in [1.807, 2.05) is 6.07 Å². The first-order valence-electron chi connectivity index (χ1n) is 7.70. The molecule has 0 aromatic heterocycles. The lowest BCUT2D eigenvalue weighted by Crippen LogP contribution is -2.29. The molecule has 24 heavy (non-hydrogen) atoms. The van der Waals surface area contributed by atoms with Crippen molar-refractivity contribution in [1.29, 1.82) is 0 Å². The fraction of sp³-hybridized carbons (Fsp3) is 0. The van der Waals surface area contributed by atoms with Gasteiger partial charge in [-0.15, -0.1) is 33.2 Å². The number of hydrogen-bond acceptors (Lipinski definition) is 0. The van der Waals surface area contributed by atoms with E-state index in [0.29, 0.717) is 0 Å². The molecule has 0 nitrogen and oxygen atoms in total. The van der Waals surface area contributed by atoms with E-state index < -0.39 is 6.00 Å². The molecule has 0 aliphatic carbocycles. The quantitative estimate of drug-likeness (QED) is 0.132. The minimum atomic E-state index is -2.95. The van der Waals surface area contributed by atoms with Gasteiger partial charge in [0, 0.05) is 0 Å². The van der Waals surface area contributed by atoms with Crippen molar-refractivity contribution in [3.63, 3.8) is 0 Å². The Morgan fingerprint density at radius 2 is 1.04 bits per heavy atom. The van der Waals surface area contributed by atoms with Crippen LogP contribution in [0.4, 0.5) is 0 Å². The van der Waals surface area contributed by atoms with Crippen LogP contribution in [0.5, 0.6) is 0 Å². The van der Waals surface area contributed by atoms with Crippen LogP contribution in [0.15, 0.2) is 66.7 Å². The van der Waals surface area contributed by atoms with Gasteiger partial charge in [-0.2, -0.15) is 0 Å². The molecule has 4 heteroatoms. The summed E-state index contributed by atoms with van der Waals surface area (Å²) in [4.78, 5) is 0. The van der Waals surface area contributed by atoms with Gasteiger partial charge in [-0.05, 0) is 48.3 Å². The van der Waals surface area contributed by atoms with Gasteiger partial charge in [0.25, 0.3) is 0 Å². The molecule has 0 radical (unpaired) electrons. The van der Waals surface area contributed by atoms with Gasteiger partial charge in [-0.3, -0.25) is 0 Å². The average molecular weight is 386 g/mol. The van der Waals surface area contributed by atoms with E-state index in [0.717, 1.165) is 10.6 Å². The van der Waals surface area contributed by atoms with Crippen molar-refractivity contribution < 1.29 is 0 Å². The predicted octanol–water partition coefficient (Wildman–Crippen LogP) is 6.60. The molecule has 0 aliphatic rings. The molecule has 0 atom stereocenters. The second-order valence-corrected chi connectivity index (χ2v) is 14.6. The number of rotatable bonds is 1. The molecule has 0 fully saturated rings. The van der Waals surface area contributed by atoms with Gasteiger partial charge in [-0.25, -0.2) is 0 Å². The first-order chi connectivity index (χ1) is 11.5. The molecule has 0 spiro atoms. The van der Waals surface area contributed by atoms with Crippen LogP contribution in [0, 0.1) is 0 Å². The lowest BCUT2D eigenvalue weighted by Gasteiger charge is -2.17. The Balaban J connectivity index is 2.16. The van der Waals surface area contributed by atoms with E-state index in [1.54, 1.807) is 0 Å². The van der Waals surface area contributed by atoms with E-state index in [1.165, 1.54) is 37.7 Å². The van der Waals surface area contributed by atoms with Crippen LogP contribution < -0.4 is 5.19 Å². The third-order valence-corrected chi connectivity index (χ3v) is 7.70. The Labute approximate surface area is 154 Å². The number of halogens is 3. The monoisotopic (exact) mass is 384 g/mol. The minimum absolute atomic E-state index is 0.837. The van der Waals surface area contributed by atoms with Gasteiger partial charge in [-0.1, -0.05) is 66.7 Å². The SMILES string of the molecule is Cl[Si](Cl)(Cl)c1cc2cccc3c4cccc5cccc(c(c1)c23)c54. The maximum atomic E-state index is 6.32. The van der Waals surface area contributed by atoms with Crippen LogP contribution >= 0.6 is 33.2 Å². The molecular formula is C20H11Cl3Si. The van der Waals surface area contributed by atoms with Gasteiger partial charge < -0.3 is 0 Å². The largest absolute Gasteiger partial charge is 0.372 e. The maximum Gasteiger partial charge on any atom is 0.372 e. The van der Waals surface area contributed by atoms with E-state index in [-0.39, 0.29) is 0 Å². The molecule has 0 N–H and O–H groups in total. The van der Waals surface area contributed by atoms with Gasteiger partial charge in [0.15, 0.2) is 0 Å². The molecular weight excluding hydrogens is 375 g/mol. The standard InChI is InChI=1S/C20H11Cl3Si/c21-24(22,23)14-10-13-6-3-8-16-15-7-1-4-12-5-2-9-17(19(12)15)18(11-14)20(13)16/h1-11H. The molecule has 5 aromatic rings. The van der Waals surface area contributed by atoms with Crippen molar-refractivity contribution in [2.75, 3.05) is 0 Å². The van der Waals surface area contributed by atoms with E-state index in [2.05, 4.69) is 60.7 Å². The second-order valence-electron chi connectivity index (χ2n) is 6.13. The Morgan fingerprint density at radius 3 is 1.62 bits per heavy atom. The smallest absolute Gasteiger partial charge is 0.121 e. The second kappa shape index (κ2) is 5.00. The molecule has 116 valence electrons. The average Bonchev–Trinajstić information content (AvgIpc) is 2.58. The first-order valence-corrected chi connectivity index (χ1v) is 12.7. The van der Waals surface area contributed by atoms with Crippen LogP contribution in [0.1, 0.15) is 0 Å². The summed E-state index contributed by atoms with van der Waals surface area (Å²) in [5, 5.41) is 10.7. The van der Waals surface area contributed by atoms with E-state index >= 15 is 0 Å². The van der Waals surface area contributed by atoms with Crippen LogP contribution in [0.25, 0.3) is 43.1 Å². The number of benzene rings is 5. The summed E-state index contributed by atoms with van der Waals surface area (Å²) in [6.07, 6.45) is 0. The zero-order valence-corrected chi connectivity index (χ0v) is 15.8. The molecule has 0 saturated carbocycles. The van der Waals surface area contributed by atoms with Crippen molar-refractivity contribution in [2.24, 2.45) is 0 Å². The van der Waals surface area contributed by atoms with Gasteiger partial charge in [0.2, 0.25) is 0 Å². The Bertz CT molecular complexity index is 1230. The molecule has 0 heterocycles. The highest BCUT2D eigenvalue weighted by atomic mass is 35.8. The molecule has 5 aromatic carbocycles. The molecule has 0 bridgehead atoms. The van der Waals surface area contributed by atoms with Crippen molar-refractivity contribution in [3.05, 3.63) is 66.7 Å². The van der Waals surface area contributed by atoms with Gasteiger partial charge >= 0.3 is 6.00 Å². The predicted molar refractivity (Wildman–Crippen MR) is 111 cm³/mol. The lowest BCUT2D eigenvalue weighted by atomic mass is 9.90. The topological polar surface area (TPSA) is 0 Å². The fourth-order valence-corrected chi connectivity index (χ4v) is 5.43. The Morgan fingerprint density at radius 1 is 0.542 bits per heavy atom. The normalized spacial score (nSPS) is 12.8. The van der Waals surface area contributed by atoms with Crippen LogP contribution in [0.3, 0.4) is 0 Å². The van der Waals surface area contributed by atoms with Gasteiger partial charge in [0.05, 0.1) is 0 Å². The first kappa shape index (κ1) is 14.8. The third kappa shape index (κ3) is 1.99. The van der Waals surface area contributed by atoms with Crippen molar-refractivity contribution >= 4 is 87.5 Å². The highest BCUT2D eigenvalue weighted by Crippen LogP contribution is 2.40. The summed E-state index contributed by atoms with van der Waals surface area (Å²) in [6, 6.07) is 20.4. The molecule has 0 unspecified atom stereocenters. The highest BCUT2D eigenvalue weighted by Gasteiger charge is 2.29. The Kier molecular flexibility index (Phi) is 3.08. The number of fused-ring (bicyclic) bond motifs is 2. The zero-order chi connectivity index (χ0) is 16.5. The van der Waals surface area contributed by atoms with Crippen LogP contribution in [-0.4, -0.2) is 6.00 Å². The van der Waals surface area contributed by atoms with Gasteiger partial charge in [0.1, 0.15) is 0 Å². The fourth-order valence-electron chi connectivity index (χ4n) is 3.82. The molecule has 5 rings (SSSR count). The Hall–Kier alpha value is -1.51. The summed E-state index contributed by atoms with van der Waals surface area (Å²) in [7, 11) is 0. The van der Waals surface area contributed by atoms with E-state index in [4.69, 9.17) is 33.2 Å². The minimum Gasteiger partial charge on any atom is -0.121 e. The number of hydrogen-bond donors (Lipinski definition) is 0. The molecule has 0 saturated heterocycles. The molecule has 0 aliphatic heterocycles. The van der Waals surface area contributed by atoms with Crippen LogP contribution in [-0.2, 0) is 0 Å². The summed E-state index contributed by atoms with van der Waals surface area (Å²) >= 11 is 19.0.